The van der Waals surface area contributed by atoms with Crippen LogP contribution in [0.4, 0.5) is 0 Å². The van der Waals surface area contributed by atoms with E-state index in [-0.39, 0.29) is 0 Å². The minimum atomic E-state index is 0.540. The molecule has 0 aliphatic carbocycles. The Labute approximate surface area is 48.3 Å². The highest BCUT2D eigenvalue weighted by Gasteiger charge is 1.85. The molecule has 8 heavy (non-hydrogen) atoms. The van der Waals surface area contributed by atoms with Crippen LogP contribution in [0, 0.1) is 0 Å². The van der Waals surface area contributed by atoms with E-state index in [0.717, 1.165) is 0 Å². The Hall–Kier alpha value is -0.610. The summed E-state index contributed by atoms with van der Waals surface area (Å²) < 4.78 is 0. The Morgan fingerprint density at radius 3 is 2.88 bits per heavy atom. The van der Waals surface area contributed by atoms with Crippen LogP contribution in [0.2, 0.25) is 0 Å². The first-order valence-corrected chi connectivity index (χ1v) is 2.36. The normalized spacial score (nSPS) is 8.75. The van der Waals surface area contributed by atoms with Gasteiger partial charge in [-0.15, -0.1) is 5.59 Å². The molecule has 0 spiro atoms. The molecule has 4 nitrogen and oxygen atoms in total. The lowest BCUT2D eigenvalue weighted by atomic mass is 10.9. The number of carbonyl (C=O) groups is 1. The number of nitrogens with one attached hydrogen (secondary N) is 1. The smallest absolute Gasteiger partial charge is 0.225 e. The SMILES string of the molecule is CCONN(C)C=O. The van der Waals surface area contributed by atoms with Crippen LogP contribution < -0.4 is 5.59 Å². The zero-order valence-corrected chi connectivity index (χ0v) is 5.05. The molecule has 0 fully saturated rings. The number of carbonyl (C=O) groups excluding carboxylic acids is 1. The summed E-state index contributed by atoms with van der Waals surface area (Å²) in [5.74, 6) is 0. The van der Waals surface area contributed by atoms with Gasteiger partial charge in [-0.05, 0) is 6.92 Å². The van der Waals surface area contributed by atoms with E-state index in [9.17, 15) is 4.79 Å². The van der Waals surface area contributed by atoms with Gasteiger partial charge in [-0.3, -0.25) is 14.6 Å². The third kappa shape index (κ3) is 3.58. The predicted octanol–water partition coefficient (Wildman–Crippen LogP) is -0.469. The molecule has 48 valence electrons. The molecule has 0 atom stereocenters. The largest absolute Gasteiger partial charge is 0.282 e. The van der Waals surface area contributed by atoms with Gasteiger partial charge in [0.15, 0.2) is 0 Å². The fourth-order valence-electron chi connectivity index (χ4n) is 0.188. The van der Waals surface area contributed by atoms with Crippen molar-refractivity contribution < 1.29 is 9.63 Å². The summed E-state index contributed by atoms with van der Waals surface area (Å²) in [6.45, 7) is 2.36. The van der Waals surface area contributed by atoms with Gasteiger partial charge in [0.2, 0.25) is 6.41 Å². The first-order valence-electron chi connectivity index (χ1n) is 2.36. The summed E-state index contributed by atoms with van der Waals surface area (Å²) in [4.78, 5) is 14.4. The molecule has 0 radical (unpaired) electrons. The lowest BCUT2D eigenvalue weighted by Gasteiger charge is -2.09. The minimum Gasteiger partial charge on any atom is -0.282 e. The van der Waals surface area contributed by atoms with Crippen LogP contribution in [-0.2, 0) is 9.63 Å². The molecule has 0 rings (SSSR count). The molecule has 1 N–H and O–H groups in total. The van der Waals surface area contributed by atoms with Gasteiger partial charge in [-0.2, -0.15) is 0 Å². The summed E-state index contributed by atoms with van der Waals surface area (Å²) in [7, 11) is 1.56. The number of rotatable bonds is 4. The molecule has 0 aliphatic rings. The third-order valence-electron chi connectivity index (χ3n) is 0.511. The zero-order valence-electron chi connectivity index (χ0n) is 5.05. The second-order valence-electron chi connectivity index (χ2n) is 1.24. The van der Waals surface area contributed by atoms with Crippen molar-refractivity contribution in [1.29, 1.82) is 0 Å². The maximum Gasteiger partial charge on any atom is 0.225 e. The van der Waals surface area contributed by atoms with Gasteiger partial charge in [0.05, 0.1) is 6.61 Å². The van der Waals surface area contributed by atoms with Crippen LogP contribution in [0.5, 0.6) is 0 Å². The molecule has 0 bridgehead atoms. The molecule has 0 aromatic heterocycles. The molecule has 0 unspecified atom stereocenters. The quantitative estimate of drug-likeness (QED) is 0.401. The van der Waals surface area contributed by atoms with E-state index in [0.29, 0.717) is 13.0 Å². The summed E-state index contributed by atoms with van der Waals surface area (Å²) >= 11 is 0. The number of hydrogen-bond acceptors (Lipinski definition) is 3. The Balaban J connectivity index is 2.98. The fraction of sp³-hybridized carbons (Fsp3) is 0.750. The lowest BCUT2D eigenvalue weighted by molar-refractivity contribution is -0.134. The van der Waals surface area contributed by atoms with E-state index in [2.05, 4.69) is 10.4 Å². The molecule has 4 heteroatoms. The number of hydrogen-bond donors (Lipinski definition) is 1. The fourth-order valence-corrected chi connectivity index (χ4v) is 0.188. The van der Waals surface area contributed by atoms with Crippen molar-refractivity contribution >= 4 is 6.41 Å². The highest BCUT2D eigenvalue weighted by molar-refractivity contribution is 5.44. The molecular formula is C4H10N2O2. The third-order valence-corrected chi connectivity index (χ3v) is 0.511. The molecule has 0 aromatic carbocycles. The van der Waals surface area contributed by atoms with Crippen LogP contribution in [0.3, 0.4) is 0 Å². The molecule has 0 saturated carbocycles. The average molecular weight is 118 g/mol. The summed E-state index contributed by atoms with van der Waals surface area (Å²) in [5.41, 5.74) is 2.35. The van der Waals surface area contributed by atoms with E-state index < -0.39 is 0 Å². The van der Waals surface area contributed by atoms with Crippen LogP contribution in [-0.4, -0.2) is 25.1 Å². The molecule has 0 saturated heterocycles. The van der Waals surface area contributed by atoms with E-state index in [4.69, 9.17) is 0 Å². The van der Waals surface area contributed by atoms with E-state index in [1.54, 1.807) is 7.05 Å². The Morgan fingerprint density at radius 1 is 1.88 bits per heavy atom. The molecule has 0 aromatic rings. The maximum absolute atomic E-state index is 9.79. The van der Waals surface area contributed by atoms with Crippen LogP contribution >= 0.6 is 0 Å². The first kappa shape index (κ1) is 7.39. The van der Waals surface area contributed by atoms with Gasteiger partial charge >= 0.3 is 0 Å². The van der Waals surface area contributed by atoms with E-state index in [1.165, 1.54) is 5.01 Å². The number of hydrazine groups is 1. The van der Waals surface area contributed by atoms with E-state index >= 15 is 0 Å². The van der Waals surface area contributed by atoms with Gasteiger partial charge in [-0.25, -0.2) is 0 Å². The van der Waals surface area contributed by atoms with Crippen molar-refractivity contribution in [3.63, 3.8) is 0 Å². The summed E-state index contributed by atoms with van der Waals surface area (Å²) in [6, 6.07) is 0. The monoisotopic (exact) mass is 118 g/mol. The van der Waals surface area contributed by atoms with Gasteiger partial charge in [0.1, 0.15) is 0 Å². The molecule has 1 amide bonds. The predicted molar refractivity (Wildman–Crippen MR) is 28.6 cm³/mol. The topological polar surface area (TPSA) is 41.6 Å². The second kappa shape index (κ2) is 4.55. The standard InChI is InChI=1S/C4H10N2O2/c1-3-8-5-6(2)4-7/h4-5H,3H2,1-2H3. The van der Waals surface area contributed by atoms with Crippen molar-refractivity contribution in [2.24, 2.45) is 0 Å². The lowest BCUT2D eigenvalue weighted by Crippen LogP contribution is -2.32. The van der Waals surface area contributed by atoms with Gasteiger partial charge in [0, 0.05) is 7.05 Å². The van der Waals surface area contributed by atoms with E-state index in [1.807, 2.05) is 6.92 Å². The highest BCUT2D eigenvalue weighted by Crippen LogP contribution is 1.65. The Kier molecular flexibility index (Phi) is 4.20. The zero-order chi connectivity index (χ0) is 6.41. The van der Waals surface area contributed by atoms with Crippen LogP contribution in [0.25, 0.3) is 0 Å². The van der Waals surface area contributed by atoms with Gasteiger partial charge in [0.25, 0.3) is 0 Å². The van der Waals surface area contributed by atoms with Crippen molar-refractivity contribution in [3.8, 4) is 0 Å². The molecule has 0 aliphatic heterocycles. The summed E-state index contributed by atoms with van der Waals surface area (Å²) in [5, 5.41) is 1.18. The summed E-state index contributed by atoms with van der Waals surface area (Å²) in [6.07, 6.45) is 0.621. The van der Waals surface area contributed by atoms with Crippen molar-refractivity contribution in [2.75, 3.05) is 13.7 Å². The number of amides is 1. The second-order valence-corrected chi connectivity index (χ2v) is 1.24. The molecule has 0 heterocycles. The molecular weight excluding hydrogens is 108 g/mol. The van der Waals surface area contributed by atoms with Gasteiger partial charge in [-0.1, -0.05) is 0 Å². The van der Waals surface area contributed by atoms with Crippen molar-refractivity contribution in [2.45, 2.75) is 6.92 Å². The maximum atomic E-state index is 9.79. The van der Waals surface area contributed by atoms with Crippen LogP contribution in [0.1, 0.15) is 6.92 Å². The van der Waals surface area contributed by atoms with Gasteiger partial charge < -0.3 is 0 Å². The van der Waals surface area contributed by atoms with Crippen molar-refractivity contribution in [3.05, 3.63) is 0 Å². The van der Waals surface area contributed by atoms with Crippen molar-refractivity contribution in [1.82, 2.24) is 10.6 Å². The average Bonchev–Trinajstić information content (AvgIpc) is 1.83. The minimum absolute atomic E-state index is 0.540. The number of nitrogens with zero attached hydrogens (tertiary/aromatic N) is 1. The first-order chi connectivity index (χ1) is 3.81. The van der Waals surface area contributed by atoms with Crippen LogP contribution in [0.15, 0.2) is 0 Å². The highest BCUT2D eigenvalue weighted by atomic mass is 16.7. The Morgan fingerprint density at radius 2 is 2.50 bits per heavy atom. The Bertz CT molecular complexity index is 67.1.